The molecule has 4 nitrogen and oxygen atoms in total. The maximum Gasteiger partial charge on any atom is 0.143 e. The summed E-state index contributed by atoms with van der Waals surface area (Å²) in [6.45, 7) is 17.9. The highest BCUT2D eigenvalue weighted by atomic mass is 16.3. The van der Waals surface area contributed by atoms with Crippen molar-refractivity contribution in [3.05, 3.63) is 192 Å². The van der Waals surface area contributed by atoms with Crippen molar-refractivity contribution >= 4 is 99.5 Å². The van der Waals surface area contributed by atoms with E-state index in [9.17, 15) is 0 Å². The largest absolute Gasteiger partial charge is 0.456 e. The fraction of sp³-hybridized carbons (Fsp3) is 0.194. The lowest BCUT2D eigenvalue weighted by molar-refractivity contribution is 0.665. The van der Waals surface area contributed by atoms with Crippen LogP contribution >= 0.6 is 0 Å². The molecular weight excluding hydrogens is 805 g/mol. The quantitative estimate of drug-likeness (QED) is 0.137. The van der Waals surface area contributed by atoms with Crippen molar-refractivity contribution in [1.29, 1.82) is 0 Å². The summed E-state index contributed by atoms with van der Waals surface area (Å²) in [5.74, 6) is 1.82. The van der Waals surface area contributed by atoms with Gasteiger partial charge in [-0.3, -0.25) is 0 Å². The summed E-state index contributed by atoms with van der Waals surface area (Å²) in [4.78, 5) is 4.74. The van der Waals surface area contributed by atoms with Gasteiger partial charge in [0.2, 0.25) is 0 Å². The summed E-state index contributed by atoms with van der Waals surface area (Å²) in [5.41, 5.74) is 15.4. The molecule has 0 unspecified atom stereocenters. The van der Waals surface area contributed by atoms with Crippen LogP contribution in [0.25, 0.3) is 65.4 Å². The van der Waals surface area contributed by atoms with E-state index < -0.39 is 0 Å². The van der Waals surface area contributed by atoms with Crippen LogP contribution in [0.3, 0.4) is 0 Å². The van der Waals surface area contributed by atoms with Gasteiger partial charge in [0.25, 0.3) is 0 Å². The minimum atomic E-state index is 0.447. The zero-order chi connectivity index (χ0) is 45.4. The zero-order valence-electron chi connectivity index (χ0n) is 39.2. The molecule has 11 rings (SSSR count). The maximum absolute atomic E-state index is 6.93. The minimum Gasteiger partial charge on any atom is -0.456 e. The first kappa shape index (κ1) is 41.4. The summed E-state index contributed by atoms with van der Waals surface area (Å²) < 4.78 is 13.8. The van der Waals surface area contributed by atoms with Crippen molar-refractivity contribution in [2.75, 3.05) is 9.80 Å². The van der Waals surface area contributed by atoms with E-state index >= 15 is 0 Å². The molecule has 2 aromatic heterocycles. The molecule has 0 aliphatic carbocycles. The van der Waals surface area contributed by atoms with Crippen LogP contribution in [-0.2, 0) is 0 Å². The van der Waals surface area contributed by atoms with Gasteiger partial charge in [-0.2, -0.15) is 0 Å². The van der Waals surface area contributed by atoms with Gasteiger partial charge >= 0.3 is 0 Å². The Kier molecular flexibility index (Phi) is 10.2. The second-order valence-electron chi connectivity index (χ2n) is 19.4. The maximum atomic E-state index is 6.93. The van der Waals surface area contributed by atoms with Crippen molar-refractivity contribution in [3.63, 3.8) is 0 Å². The van der Waals surface area contributed by atoms with Gasteiger partial charge < -0.3 is 18.6 Å². The van der Waals surface area contributed by atoms with Crippen LogP contribution in [0.1, 0.15) is 101 Å². The number of rotatable bonds is 10. The molecule has 0 saturated carbocycles. The normalized spacial score (nSPS) is 12.2. The van der Waals surface area contributed by atoms with Crippen molar-refractivity contribution in [1.82, 2.24) is 0 Å². The van der Waals surface area contributed by atoms with Crippen molar-refractivity contribution in [2.45, 2.75) is 79.1 Å². The molecule has 2 heterocycles. The highest BCUT2D eigenvalue weighted by Gasteiger charge is 2.23. The Hall–Kier alpha value is -7.30. The Balaban J connectivity index is 1.04. The van der Waals surface area contributed by atoms with Gasteiger partial charge in [0.05, 0.1) is 5.69 Å². The number of benzene rings is 9. The van der Waals surface area contributed by atoms with Crippen LogP contribution in [0.2, 0.25) is 0 Å². The second kappa shape index (κ2) is 16.3. The molecular formula is C62H56N2O2. The van der Waals surface area contributed by atoms with E-state index in [-0.39, 0.29) is 0 Å². The number of furan rings is 2. The molecule has 0 aliphatic heterocycles. The second-order valence-corrected chi connectivity index (χ2v) is 19.4. The van der Waals surface area contributed by atoms with E-state index in [0.717, 1.165) is 99.5 Å². The Labute approximate surface area is 387 Å². The number of hydrogen-bond donors (Lipinski definition) is 0. The molecule has 11 aromatic rings. The molecule has 66 heavy (non-hydrogen) atoms. The van der Waals surface area contributed by atoms with E-state index in [1.165, 1.54) is 22.3 Å². The smallest absolute Gasteiger partial charge is 0.143 e. The molecule has 9 aromatic carbocycles. The molecule has 0 spiro atoms. The molecule has 4 heteroatoms. The molecule has 0 N–H and O–H groups in total. The highest BCUT2D eigenvalue weighted by Crippen LogP contribution is 2.47. The monoisotopic (exact) mass is 860 g/mol. The van der Waals surface area contributed by atoms with Gasteiger partial charge in [0, 0.05) is 66.8 Å². The van der Waals surface area contributed by atoms with E-state index in [2.05, 4.69) is 235 Å². The molecule has 0 fully saturated rings. The van der Waals surface area contributed by atoms with E-state index in [4.69, 9.17) is 8.83 Å². The first-order valence-electron chi connectivity index (χ1n) is 23.7. The minimum absolute atomic E-state index is 0.447. The Morgan fingerprint density at radius 1 is 0.318 bits per heavy atom. The lowest BCUT2D eigenvalue weighted by Crippen LogP contribution is -2.11. The van der Waals surface area contributed by atoms with Crippen LogP contribution in [0.4, 0.5) is 34.1 Å². The van der Waals surface area contributed by atoms with Gasteiger partial charge in [-0.05, 0) is 142 Å². The van der Waals surface area contributed by atoms with Gasteiger partial charge in [0.15, 0.2) is 0 Å². The molecule has 0 bridgehead atoms. The molecule has 0 amide bonds. The van der Waals surface area contributed by atoms with Crippen molar-refractivity contribution in [2.24, 2.45) is 0 Å². The van der Waals surface area contributed by atoms with Crippen LogP contribution in [-0.4, -0.2) is 0 Å². The van der Waals surface area contributed by atoms with E-state index in [1.54, 1.807) is 0 Å². The molecule has 0 radical (unpaired) electrons. The Morgan fingerprint density at radius 2 is 0.758 bits per heavy atom. The average Bonchev–Trinajstić information content (AvgIpc) is 3.89. The summed E-state index contributed by atoms with van der Waals surface area (Å²) in [7, 11) is 0. The van der Waals surface area contributed by atoms with Gasteiger partial charge in [-0.1, -0.05) is 134 Å². The first-order chi connectivity index (χ1) is 32.0. The third kappa shape index (κ3) is 7.07. The summed E-state index contributed by atoms with van der Waals surface area (Å²) in [6, 6.07) is 62.6. The van der Waals surface area contributed by atoms with Gasteiger partial charge in [-0.25, -0.2) is 0 Å². The molecule has 0 saturated heterocycles. The lowest BCUT2D eigenvalue weighted by Gasteiger charge is -2.27. The summed E-state index contributed by atoms with van der Waals surface area (Å²) >= 11 is 0. The number of fused-ring (bicyclic) bond motifs is 10. The lowest BCUT2D eigenvalue weighted by atomic mass is 9.98. The fourth-order valence-corrected chi connectivity index (χ4v) is 9.90. The zero-order valence-corrected chi connectivity index (χ0v) is 39.2. The Bertz CT molecular complexity index is 3470. The van der Waals surface area contributed by atoms with Gasteiger partial charge in [-0.15, -0.1) is 0 Å². The van der Waals surface area contributed by atoms with Crippen LogP contribution < -0.4 is 9.80 Å². The first-order valence-corrected chi connectivity index (χ1v) is 23.7. The number of hydrogen-bond acceptors (Lipinski definition) is 4. The SMILES string of the molecule is CC(C)c1ccc(N(c2ccc(C(C)C)cc2)c2ccc3c(ccc4c5cc6oc7cc(N(c8ccc(C(C)C)cc8)c8ccc(C(C)C)cc8)c8ccccc8c7c6cc5oc34)c2)cc1. The summed E-state index contributed by atoms with van der Waals surface area (Å²) in [5, 5.41) is 8.75. The van der Waals surface area contributed by atoms with Crippen molar-refractivity contribution in [3.8, 4) is 0 Å². The van der Waals surface area contributed by atoms with Crippen LogP contribution in [0, 0.1) is 0 Å². The van der Waals surface area contributed by atoms with E-state index in [0.29, 0.717) is 23.7 Å². The van der Waals surface area contributed by atoms with Crippen LogP contribution in [0.5, 0.6) is 0 Å². The topological polar surface area (TPSA) is 32.8 Å². The number of nitrogens with zero attached hydrogens (tertiary/aromatic N) is 2. The average molecular weight is 861 g/mol. The van der Waals surface area contributed by atoms with Crippen molar-refractivity contribution < 1.29 is 8.83 Å². The highest BCUT2D eigenvalue weighted by molar-refractivity contribution is 6.25. The van der Waals surface area contributed by atoms with Gasteiger partial charge in [0.1, 0.15) is 22.3 Å². The van der Waals surface area contributed by atoms with Crippen LogP contribution in [0.15, 0.2) is 179 Å². The third-order valence-electron chi connectivity index (χ3n) is 13.8. The molecule has 0 atom stereocenters. The predicted octanol–water partition coefficient (Wildman–Crippen LogP) is 19.2. The molecule has 0 aliphatic rings. The van der Waals surface area contributed by atoms with E-state index in [1.807, 2.05) is 0 Å². The predicted molar refractivity (Wildman–Crippen MR) is 282 cm³/mol. The third-order valence-corrected chi connectivity index (χ3v) is 13.8. The number of anilines is 6. The fourth-order valence-electron chi connectivity index (χ4n) is 9.90. The molecule has 326 valence electrons. The summed E-state index contributed by atoms with van der Waals surface area (Å²) in [6.07, 6.45) is 0. The standard InChI is InChI=1S/C62H56N2O2/c1-37(2)41-13-22-46(23-14-41)63(47-24-15-42(16-25-47)38(3)4)50-30-32-51-45(33-50)21-31-54-55-34-59-56(35-58(55)66-62(51)54)61-53-12-10-9-11-52(53)57(36-60(61)65-59)64(48-26-17-43(18-27-48)39(5)6)49-28-19-44(20-29-49)40(7)8/h9-40H,1-8H3. The Morgan fingerprint density at radius 3 is 1.27 bits per heavy atom.